The highest BCUT2D eigenvalue weighted by Crippen LogP contribution is 2.33. The molecule has 0 radical (unpaired) electrons. The molecule has 3 aromatic rings. The molecule has 3 aromatic carbocycles. The Labute approximate surface area is 206 Å². The lowest BCUT2D eigenvalue weighted by Gasteiger charge is -2.26. The molecule has 0 aromatic heterocycles. The van der Waals surface area contributed by atoms with Crippen LogP contribution in [0.25, 0.3) is 0 Å². The molecule has 4 rings (SSSR count). The molecule has 0 saturated heterocycles. The Morgan fingerprint density at radius 3 is 2.43 bits per heavy atom. The molecule has 1 aliphatic rings. The molecule has 0 spiro atoms. The predicted octanol–water partition coefficient (Wildman–Crippen LogP) is 4.13. The van der Waals surface area contributed by atoms with Gasteiger partial charge in [0, 0.05) is 30.8 Å². The van der Waals surface area contributed by atoms with Crippen molar-refractivity contribution in [3.05, 3.63) is 89.5 Å². The number of hydrogen-bond donors (Lipinski definition) is 1. The fourth-order valence-corrected chi connectivity index (χ4v) is 5.70. The molecular weight excluding hydrogens is 462 g/mol. The van der Waals surface area contributed by atoms with Gasteiger partial charge in [0.15, 0.2) is 0 Å². The molecular formula is C27H29N3O4S. The number of benzene rings is 3. The van der Waals surface area contributed by atoms with Gasteiger partial charge in [-0.3, -0.25) is 13.9 Å². The van der Waals surface area contributed by atoms with Gasteiger partial charge in [0.25, 0.3) is 15.9 Å². The highest BCUT2D eigenvalue weighted by atomic mass is 32.2. The largest absolute Gasteiger partial charge is 0.350 e. The Morgan fingerprint density at radius 2 is 1.74 bits per heavy atom. The lowest BCUT2D eigenvalue weighted by Crippen LogP contribution is -2.32. The summed E-state index contributed by atoms with van der Waals surface area (Å²) in [4.78, 5) is 26.3. The predicted molar refractivity (Wildman–Crippen MR) is 137 cm³/mol. The summed E-state index contributed by atoms with van der Waals surface area (Å²) in [6, 6.07) is 20.8. The summed E-state index contributed by atoms with van der Waals surface area (Å²) in [5.41, 5.74) is 3.17. The van der Waals surface area contributed by atoms with Crippen molar-refractivity contribution in [3.63, 3.8) is 0 Å². The van der Waals surface area contributed by atoms with Gasteiger partial charge in [-0.05, 0) is 67.8 Å². The first kappa shape index (κ1) is 24.5. The normalized spacial score (nSPS) is 13.0. The van der Waals surface area contributed by atoms with Crippen molar-refractivity contribution >= 4 is 33.2 Å². The van der Waals surface area contributed by atoms with Crippen molar-refractivity contribution in [2.45, 2.75) is 44.7 Å². The van der Waals surface area contributed by atoms with Crippen molar-refractivity contribution in [3.8, 4) is 0 Å². The second-order valence-electron chi connectivity index (χ2n) is 8.89. The first-order chi connectivity index (χ1) is 16.7. The molecule has 1 N–H and O–H groups in total. The Bertz CT molecular complexity index is 1350. The molecule has 7 nitrogen and oxygen atoms in total. The maximum Gasteiger partial charge on any atom is 0.264 e. The number of amides is 2. The van der Waals surface area contributed by atoms with Crippen LogP contribution in [0.1, 0.15) is 42.3 Å². The minimum absolute atomic E-state index is 0.0451. The topological polar surface area (TPSA) is 86.8 Å². The van der Waals surface area contributed by atoms with Gasteiger partial charge < -0.3 is 10.2 Å². The number of sulfonamides is 1. The van der Waals surface area contributed by atoms with Crippen molar-refractivity contribution in [1.29, 1.82) is 0 Å². The fraction of sp³-hybridized carbons (Fsp3) is 0.259. The fourth-order valence-electron chi connectivity index (χ4n) is 4.20. The number of fused-ring (bicyclic) bond motifs is 1. The van der Waals surface area contributed by atoms with Crippen LogP contribution in [0.3, 0.4) is 0 Å². The lowest BCUT2D eigenvalue weighted by atomic mass is 10.1. The van der Waals surface area contributed by atoms with Crippen LogP contribution in [0.15, 0.2) is 77.7 Å². The van der Waals surface area contributed by atoms with Crippen LogP contribution in [-0.2, 0) is 27.8 Å². The standard InChI is InChI=1S/C27H29N3O4S/c1-19(2)28-27(32)23-10-7-11-24(16-23)30(18-21-8-5-4-6-9-21)35(33,34)25-12-13-26-22(17-25)14-15-29(26)20(3)31/h4-13,16-17,19H,14-15,18H2,1-3H3,(H,28,32). The molecule has 182 valence electrons. The molecule has 1 aliphatic heterocycles. The van der Waals surface area contributed by atoms with Crippen LogP contribution in [0.2, 0.25) is 0 Å². The van der Waals surface area contributed by atoms with Crippen LogP contribution in [0, 0.1) is 0 Å². The van der Waals surface area contributed by atoms with E-state index in [0.717, 1.165) is 16.8 Å². The Morgan fingerprint density at radius 1 is 1.00 bits per heavy atom. The molecule has 0 fully saturated rings. The molecule has 0 aliphatic carbocycles. The third kappa shape index (κ3) is 5.22. The van der Waals surface area contributed by atoms with E-state index in [2.05, 4.69) is 5.32 Å². The molecule has 0 unspecified atom stereocenters. The Kier molecular flexibility index (Phi) is 6.93. The number of nitrogens with zero attached hydrogens (tertiary/aromatic N) is 2. The molecule has 0 atom stereocenters. The molecule has 8 heteroatoms. The molecule has 35 heavy (non-hydrogen) atoms. The van der Waals surface area contributed by atoms with Crippen LogP contribution >= 0.6 is 0 Å². The van der Waals surface area contributed by atoms with Gasteiger partial charge in [-0.1, -0.05) is 36.4 Å². The van der Waals surface area contributed by atoms with Crippen molar-refractivity contribution < 1.29 is 18.0 Å². The third-order valence-electron chi connectivity index (χ3n) is 5.90. The second-order valence-corrected chi connectivity index (χ2v) is 10.7. The number of carbonyl (C=O) groups is 2. The van der Waals surface area contributed by atoms with Crippen LogP contribution < -0.4 is 14.5 Å². The molecule has 2 amide bonds. The summed E-state index contributed by atoms with van der Waals surface area (Å²) in [6.07, 6.45) is 0.599. The first-order valence-electron chi connectivity index (χ1n) is 11.6. The van der Waals surface area contributed by atoms with Crippen LogP contribution in [-0.4, -0.2) is 32.8 Å². The highest BCUT2D eigenvalue weighted by Gasteiger charge is 2.29. The zero-order valence-electron chi connectivity index (χ0n) is 20.1. The van der Waals surface area contributed by atoms with E-state index in [1.165, 1.54) is 11.2 Å². The molecule has 1 heterocycles. The van der Waals surface area contributed by atoms with E-state index in [4.69, 9.17) is 0 Å². The third-order valence-corrected chi connectivity index (χ3v) is 7.67. The van der Waals surface area contributed by atoms with Gasteiger partial charge in [0.1, 0.15) is 0 Å². The lowest BCUT2D eigenvalue weighted by molar-refractivity contribution is -0.116. The SMILES string of the molecule is CC(=O)N1CCc2cc(S(=O)(=O)N(Cc3ccccc3)c3cccc(C(=O)NC(C)C)c3)ccc21. The van der Waals surface area contributed by atoms with Gasteiger partial charge in [-0.15, -0.1) is 0 Å². The molecule has 0 bridgehead atoms. The minimum atomic E-state index is -3.98. The van der Waals surface area contributed by atoms with Gasteiger partial charge in [0.05, 0.1) is 17.1 Å². The van der Waals surface area contributed by atoms with Gasteiger partial charge >= 0.3 is 0 Å². The van der Waals surface area contributed by atoms with E-state index >= 15 is 0 Å². The number of carbonyl (C=O) groups excluding carboxylic acids is 2. The van der Waals surface area contributed by atoms with Gasteiger partial charge in [0.2, 0.25) is 5.91 Å². The van der Waals surface area contributed by atoms with E-state index < -0.39 is 10.0 Å². The number of hydrogen-bond acceptors (Lipinski definition) is 4. The summed E-state index contributed by atoms with van der Waals surface area (Å²) in [7, 11) is -3.98. The summed E-state index contributed by atoms with van der Waals surface area (Å²) in [6.45, 7) is 5.89. The minimum Gasteiger partial charge on any atom is -0.350 e. The van der Waals surface area contributed by atoms with E-state index in [-0.39, 0.29) is 29.3 Å². The number of nitrogens with one attached hydrogen (secondary N) is 1. The van der Waals surface area contributed by atoms with Crippen LogP contribution in [0.5, 0.6) is 0 Å². The van der Waals surface area contributed by atoms with Gasteiger partial charge in [-0.2, -0.15) is 0 Å². The first-order valence-corrected chi connectivity index (χ1v) is 13.0. The maximum atomic E-state index is 14.0. The average molecular weight is 492 g/mol. The van der Waals surface area contributed by atoms with Crippen LogP contribution in [0.4, 0.5) is 11.4 Å². The van der Waals surface area contributed by atoms with Gasteiger partial charge in [-0.25, -0.2) is 8.42 Å². The second kappa shape index (κ2) is 9.92. The summed E-state index contributed by atoms with van der Waals surface area (Å²) >= 11 is 0. The van der Waals surface area contributed by atoms with Crippen molar-refractivity contribution in [2.24, 2.45) is 0 Å². The Hall–Kier alpha value is -3.65. The van der Waals surface area contributed by atoms with Crippen molar-refractivity contribution in [2.75, 3.05) is 15.7 Å². The van der Waals surface area contributed by atoms with E-state index in [1.54, 1.807) is 47.4 Å². The monoisotopic (exact) mass is 491 g/mol. The Balaban J connectivity index is 1.76. The highest BCUT2D eigenvalue weighted by molar-refractivity contribution is 7.92. The maximum absolute atomic E-state index is 14.0. The van der Waals surface area contributed by atoms with E-state index in [1.807, 2.05) is 44.2 Å². The average Bonchev–Trinajstić information content (AvgIpc) is 3.26. The number of rotatable bonds is 7. The van der Waals surface area contributed by atoms with E-state index in [9.17, 15) is 18.0 Å². The zero-order valence-corrected chi connectivity index (χ0v) is 20.9. The summed E-state index contributed by atoms with van der Waals surface area (Å²) in [5.74, 6) is -0.331. The zero-order chi connectivity index (χ0) is 25.2. The summed E-state index contributed by atoms with van der Waals surface area (Å²) in [5, 5.41) is 2.85. The smallest absolute Gasteiger partial charge is 0.264 e. The van der Waals surface area contributed by atoms with E-state index in [0.29, 0.717) is 24.2 Å². The molecule has 0 saturated carbocycles. The van der Waals surface area contributed by atoms with Crippen molar-refractivity contribution in [1.82, 2.24) is 5.32 Å². The quantitative estimate of drug-likeness (QED) is 0.538. The number of anilines is 2. The summed E-state index contributed by atoms with van der Waals surface area (Å²) < 4.78 is 29.2.